The molecule has 0 radical (unpaired) electrons. The van der Waals surface area contributed by atoms with Crippen molar-refractivity contribution in [1.82, 2.24) is 10.2 Å². The summed E-state index contributed by atoms with van der Waals surface area (Å²) in [5.41, 5.74) is 1.75. The predicted molar refractivity (Wildman–Crippen MR) is 84.9 cm³/mol. The molecule has 0 spiro atoms. The largest absolute Gasteiger partial charge is 0.374 e. The summed E-state index contributed by atoms with van der Waals surface area (Å²) in [6.45, 7) is 6.85. The van der Waals surface area contributed by atoms with Crippen LogP contribution >= 0.6 is 0 Å². The fourth-order valence-electron chi connectivity index (χ4n) is 2.44. The summed E-state index contributed by atoms with van der Waals surface area (Å²) in [4.78, 5) is 4.32. The van der Waals surface area contributed by atoms with Crippen LogP contribution in [0.5, 0.6) is 0 Å². The van der Waals surface area contributed by atoms with E-state index in [0.29, 0.717) is 0 Å². The highest BCUT2D eigenvalue weighted by molar-refractivity contribution is 5.55. The summed E-state index contributed by atoms with van der Waals surface area (Å²) in [7, 11) is 6.17. The maximum Gasteiger partial charge on any atom is 0.130 e. The Balaban J connectivity index is 2.85. The topological polar surface area (TPSA) is 18.5 Å². The third-order valence-electron chi connectivity index (χ3n) is 3.48. The van der Waals surface area contributed by atoms with E-state index >= 15 is 0 Å². The van der Waals surface area contributed by atoms with Crippen molar-refractivity contribution in [3.63, 3.8) is 0 Å². The van der Waals surface area contributed by atoms with Gasteiger partial charge in [0.15, 0.2) is 0 Å². The molecule has 0 aliphatic rings. The van der Waals surface area contributed by atoms with Crippen molar-refractivity contribution in [3.8, 4) is 0 Å². The van der Waals surface area contributed by atoms with E-state index in [1.807, 2.05) is 27.0 Å². The fraction of sp³-hybridized carbons (Fsp3) is 0.625. The molecule has 0 saturated heterocycles. The monoisotopic (exact) mass is 281 g/mol. The molecule has 0 fully saturated rings. The molecule has 0 saturated carbocycles. The molecular formula is C16H28FN3. The summed E-state index contributed by atoms with van der Waals surface area (Å²) >= 11 is 0. The van der Waals surface area contributed by atoms with Crippen LogP contribution in [0.4, 0.5) is 10.1 Å². The highest BCUT2D eigenvalue weighted by Crippen LogP contribution is 2.28. The van der Waals surface area contributed by atoms with E-state index in [4.69, 9.17) is 0 Å². The fourth-order valence-corrected chi connectivity index (χ4v) is 2.44. The maximum atomic E-state index is 14.2. The lowest BCUT2D eigenvalue weighted by molar-refractivity contribution is 0.401. The molecule has 114 valence electrons. The lowest BCUT2D eigenvalue weighted by Crippen LogP contribution is -2.27. The maximum absolute atomic E-state index is 14.2. The zero-order chi connectivity index (χ0) is 15.1. The van der Waals surface area contributed by atoms with Crippen LogP contribution in [-0.4, -0.2) is 45.7 Å². The molecule has 0 heterocycles. The molecular weight excluding hydrogens is 253 g/mol. The lowest BCUT2D eigenvalue weighted by atomic mass is 10.0. The van der Waals surface area contributed by atoms with Crippen molar-refractivity contribution in [2.24, 2.45) is 0 Å². The van der Waals surface area contributed by atoms with Gasteiger partial charge in [-0.2, -0.15) is 0 Å². The molecule has 0 bridgehead atoms. The Morgan fingerprint density at radius 1 is 1.20 bits per heavy atom. The smallest absolute Gasteiger partial charge is 0.130 e. The van der Waals surface area contributed by atoms with E-state index < -0.39 is 0 Å². The van der Waals surface area contributed by atoms with Gasteiger partial charge in [0.25, 0.3) is 0 Å². The Morgan fingerprint density at radius 2 is 1.90 bits per heavy atom. The van der Waals surface area contributed by atoms with Gasteiger partial charge in [-0.05, 0) is 52.7 Å². The van der Waals surface area contributed by atoms with E-state index in [1.54, 1.807) is 12.1 Å². The number of anilines is 1. The number of nitrogens with one attached hydrogen (secondary N) is 1. The van der Waals surface area contributed by atoms with Crippen LogP contribution in [0.15, 0.2) is 18.2 Å². The van der Waals surface area contributed by atoms with Crippen LogP contribution in [0.3, 0.4) is 0 Å². The molecule has 0 amide bonds. The number of hydrogen-bond acceptors (Lipinski definition) is 3. The molecule has 1 atom stereocenters. The summed E-state index contributed by atoms with van der Waals surface area (Å²) in [5.74, 6) is -0.129. The Kier molecular flexibility index (Phi) is 6.96. The van der Waals surface area contributed by atoms with Crippen molar-refractivity contribution in [1.29, 1.82) is 0 Å². The van der Waals surface area contributed by atoms with Crippen molar-refractivity contribution in [2.45, 2.75) is 26.3 Å². The first kappa shape index (κ1) is 16.9. The van der Waals surface area contributed by atoms with E-state index in [-0.39, 0.29) is 11.9 Å². The Labute approximate surface area is 122 Å². The van der Waals surface area contributed by atoms with E-state index in [1.165, 1.54) is 0 Å². The van der Waals surface area contributed by atoms with Crippen LogP contribution in [-0.2, 0) is 0 Å². The van der Waals surface area contributed by atoms with E-state index in [0.717, 1.165) is 37.3 Å². The first-order valence-electron chi connectivity index (χ1n) is 7.35. The van der Waals surface area contributed by atoms with Gasteiger partial charge in [0.05, 0.1) is 0 Å². The van der Waals surface area contributed by atoms with Gasteiger partial charge in [0.1, 0.15) is 5.82 Å². The first-order valence-corrected chi connectivity index (χ1v) is 7.35. The second-order valence-electron chi connectivity index (χ2n) is 5.53. The van der Waals surface area contributed by atoms with Crippen LogP contribution in [0.1, 0.15) is 31.9 Å². The summed E-state index contributed by atoms with van der Waals surface area (Å²) < 4.78 is 14.2. The second-order valence-corrected chi connectivity index (χ2v) is 5.53. The zero-order valence-corrected chi connectivity index (χ0v) is 13.4. The van der Waals surface area contributed by atoms with Gasteiger partial charge in [-0.1, -0.05) is 13.0 Å². The third kappa shape index (κ3) is 4.76. The average Bonchev–Trinajstić information content (AvgIpc) is 2.37. The molecule has 0 aliphatic heterocycles. The molecule has 1 rings (SSSR count). The molecule has 1 aromatic carbocycles. The molecule has 3 nitrogen and oxygen atoms in total. The zero-order valence-electron chi connectivity index (χ0n) is 13.4. The van der Waals surface area contributed by atoms with Gasteiger partial charge < -0.3 is 15.1 Å². The lowest BCUT2D eigenvalue weighted by Gasteiger charge is -2.26. The standard InChI is InChI=1S/C16H28FN3/c1-6-18-13(2)16-14(17)9-7-10-15(16)20(5)12-8-11-19(3)4/h7,9-10,13,18H,6,8,11-12H2,1-5H3. The second kappa shape index (κ2) is 8.22. The third-order valence-corrected chi connectivity index (χ3v) is 3.48. The van der Waals surface area contributed by atoms with Crippen molar-refractivity contribution < 1.29 is 4.39 Å². The van der Waals surface area contributed by atoms with Crippen molar-refractivity contribution in [2.75, 3.05) is 45.7 Å². The molecule has 1 unspecified atom stereocenters. The van der Waals surface area contributed by atoms with Gasteiger partial charge in [-0.3, -0.25) is 0 Å². The first-order chi connectivity index (χ1) is 9.47. The van der Waals surface area contributed by atoms with Crippen molar-refractivity contribution in [3.05, 3.63) is 29.6 Å². The quantitative estimate of drug-likeness (QED) is 0.790. The summed E-state index contributed by atoms with van der Waals surface area (Å²) in [6, 6.07) is 5.35. The number of nitrogens with zero attached hydrogens (tertiary/aromatic N) is 2. The van der Waals surface area contributed by atoms with Crippen LogP contribution < -0.4 is 10.2 Å². The van der Waals surface area contributed by atoms with Crippen LogP contribution in [0, 0.1) is 5.82 Å². The number of benzene rings is 1. The minimum absolute atomic E-state index is 0.0208. The highest BCUT2D eigenvalue weighted by atomic mass is 19.1. The average molecular weight is 281 g/mol. The van der Waals surface area contributed by atoms with Crippen LogP contribution in [0.25, 0.3) is 0 Å². The molecule has 20 heavy (non-hydrogen) atoms. The van der Waals surface area contributed by atoms with Gasteiger partial charge in [0.2, 0.25) is 0 Å². The van der Waals surface area contributed by atoms with Gasteiger partial charge >= 0.3 is 0 Å². The summed E-state index contributed by atoms with van der Waals surface area (Å²) in [5, 5.41) is 3.30. The number of halogens is 1. The molecule has 4 heteroatoms. The Hall–Kier alpha value is -1.13. The SMILES string of the molecule is CCNC(C)c1c(F)cccc1N(C)CCCN(C)C. The minimum atomic E-state index is -0.129. The van der Waals surface area contributed by atoms with Gasteiger partial charge in [-0.15, -0.1) is 0 Å². The normalized spacial score (nSPS) is 12.8. The molecule has 1 aromatic rings. The predicted octanol–water partition coefficient (Wildman–Crippen LogP) is 2.88. The van der Waals surface area contributed by atoms with E-state index in [2.05, 4.69) is 29.2 Å². The Morgan fingerprint density at radius 3 is 2.50 bits per heavy atom. The molecule has 0 aliphatic carbocycles. The van der Waals surface area contributed by atoms with Crippen LogP contribution in [0.2, 0.25) is 0 Å². The van der Waals surface area contributed by atoms with E-state index in [9.17, 15) is 4.39 Å². The highest BCUT2D eigenvalue weighted by Gasteiger charge is 2.17. The number of rotatable bonds is 8. The Bertz CT molecular complexity index is 407. The number of hydrogen-bond donors (Lipinski definition) is 1. The molecule has 0 aromatic heterocycles. The van der Waals surface area contributed by atoms with Crippen molar-refractivity contribution >= 4 is 5.69 Å². The minimum Gasteiger partial charge on any atom is -0.374 e. The summed E-state index contributed by atoms with van der Waals surface area (Å²) in [6.07, 6.45) is 1.06. The molecule has 1 N–H and O–H groups in total. The van der Waals surface area contributed by atoms with Gasteiger partial charge in [-0.25, -0.2) is 4.39 Å². The van der Waals surface area contributed by atoms with Gasteiger partial charge in [0, 0.05) is 30.9 Å².